The lowest BCUT2D eigenvalue weighted by Crippen LogP contribution is -2.25. The molecule has 10 heteroatoms. The summed E-state index contributed by atoms with van der Waals surface area (Å²) in [5.74, 6) is 3.63. The highest BCUT2D eigenvalue weighted by atomic mass is 32.2. The van der Waals surface area contributed by atoms with Crippen LogP contribution in [-0.4, -0.2) is 26.0 Å². The van der Waals surface area contributed by atoms with Gasteiger partial charge in [0.15, 0.2) is 0 Å². The van der Waals surface area contributed by atoms with Gasteiger partial charge in [0, 0.05) is 5.69 Å². The van der Waals surface area contributed by atoms with Crippen LogP contribution in [-0.2, 0) is 11.0 Å². The summed E-state index contributed by atoms with van der Waals surface area (Å²) < 4.78 is 38.1. The quantitative estimate of drug-likeness (QED) is 0.657. The van der Waals surface area contributed by atoms with Crippen molar-refractivity contribution >= 4 is 23.4 Å². The standard InChI is InChI=1S/C13H14F3N5OS/c1-7-3-5-9(6-4-7)18-10(22)8(2)23-12-20-19-11(21(12)17)13(14,15)16/h3-6,8H,17H2,1-2H3,(H,18,22)/t8-/m0/s1. The molecule has 0 fully saturated rings. The zero-order valence-electron chi connectivity index (χ0n) is 12.3. The van der Waals surface area contributed by atoms with E-state index in [2.05, 4.69) is 15.5 Å². The molecule has 23 heavy (non-hydrogen) atoms. The molecule has 0 unspecified atom stereocenters. The van der Waals surface area contributed by atoms with Crippen LogP contribution in [0, 0.1) is 6.92 Å². The first kappa shape index (κ1) is 17.1. The van der Waals surface area contributed by atoms with Crippen molar-refractivity contribution in [1.82, 2.24) is 14.9 Å². The summed E-state index contributed by atoms with van der Waals surface area (Å²) in [5, 5.41) is 8.15. The first-order valence-electron chi connectivity index (χ1n) is 6.50. The number of nitrogens with two attached hydrogens (primary N) is 1. The van der Waals surface area contributed by atoms with E-state index < -0.39 is 17.3 Å². The minimum absolute atomic E-state index is 0.191. The van der Waals surface area contributed by atoms with Crippen LogP contribution in [0.5, 0.6) is 0 Å². The average molecular weight is 345 g/mol. The summed E-state index contributed by atoms with van der Waals surface area (Å²) in [6.07, 6.45) is -4.70. The number of alkyl halides is 3. The summed E-state index contributed by atoms with van der Waals surface area (Å²) in [6.45, 7) is 3.45. The summed E-state index contributed by atoms with van der Waals surface area (Å²) in [6, 6.07) is 7.13. The van der Waals surface area contributed by atoms with E-state index in [-0.39, 0.29) is 11.1 Å². The lowest BCUT2D eigenvalue weighted by molar-refractivity contribution is -0.146. The van der Waals surface area contributed by atoms with Gasteiger partial charge in [-0.1, -0.05) is 29.5 Å². The number of amides is 1. The summed E-state index contributed by atoms with van der Waals surface area (Å²) in [4.78, 5) is 12.1. The van der Waals surface area contributed by atoms with Crippen LogP contribution < -0.4 is 11.2 Å². The molecule has 0 saturated heterocycles. The monoisotopic (exact) mass is 345 g/mol. The van der Waals surface area contributed by atoms with Crippen molar-refractivity contribution in [2.24, 2.45) is 0 Å². The third-order valence-corrected chi connectivity index (χ3v) is 3.95. The van der Waals surface area contributed by atoms with E-state index in [1.54, 1.807) is 12.1 Å². The lowest BCUT2D eigenvalue weighted by atomic mass is 10.2. The highest BCUT2D eigenvalue weighted by Gasteiger charge is 2.38. The molecule has 1 aromatic carbocycles. The maximum atomic E-state index is 12.6. The predicted octanol–water partition coefficient (Wildman–Crippen LogP) is 2.44. The molecule has 2 rings (SSSR count). The highest BCUT2D eigenvalue weighted by molar-refractivity contribution is 8.00. The number of nitrogens with zero attached hydrogens (tertiary/aromatic N) is 3. The second kappa shape index (κ2) is 6.49. The van der Waals surface area contributed by atoms with E-state index >= 15 is 0 Å². The Hall–Kier alpha value is -2.23. The molecule has 0 bridgehead atoms. The van der Waals surface area contributed by atoms with Gasteiger partial charge in [0.25, 0.3) is 5.82 Å². The molecule has 0 aliphatic heterocycles. The molecule has 3 N–H and O–H groups in total. The Labute approximate surface area is 134 Å². The van der Waals surface area contributed by atoms with Crippen molar-refractivity contribution in [3.05, 3.63) is 35.7 Å². The fraction of sp³-hybridized carbons (Fsp3) is 0.308. The molecule has 1 aromatic heterocycles. The normalized spacial score (nSPS) is 12.9. The number of nitrogen functional groups attached to an aromatic ring is 1. The largest absolute Gasteiger partial charge is 0.453 e. The average Bonchev–Trinajstić information content (AvgIpc) is 2.82. The van der Waals surface area contributed by atoms with Crippen molar-refractivity contribution < 1.29 is 18.0 Å². The molecular weight excluding hydrogens is 331 g/mol. The van der Waals surface area contributed by atoms with Crippen molar-refractivity contribution in [2.45, 2.75) is 30.4 Å². The Kier molecular flexibility index (Phi) is 4.83. The number of benzene rings is 1. The number of hydrogen-bond acceptors (Lipinski definition) is 5. The van der Waals surface area contributed by atoms with Gasteiger partial charge in [-0.05, 0) is 26.0 Å². The van der Waals surface area contributed by atoms with Crippen LogP contribution in [0.4, 0.5) is 18.9 Å². The van der Waals surface area contributed by atoms with E-state index in [0.29, 0.717) is 10.4 Å². The van der Waals surface area contributed by atoms with E-state index in [1.807, 2.05) is 19.1 Å². The van der Waals surface area contributed by atoms with Gasteiger partial charge in [0.05, 0.1) is 5.25 Å². The molecule has 2 aromatic rings. The van der Waals surface area contributed by atoms with Gasteiger partial charge in [0.2, 0.25) is 11.1 Å². The molecule has 0 aliphatic carbocycles. The number of aromatic nitrogens is 3. The van der Waals surface area contributed by atoms with Crippen molar-refractivity contribution in [1.29, 1.82) is 0 Å². The van der Waals surface area contributed by atoms with Crippen LogP contribution in [0.3, 0.4) is 0 Å². The molecule has 1 heterocycles. The smallest absolute Gasteiger partial charge is 0.335 e. The number of carbonyl (C=O) groups excluding carboxylic acids is 1. The fourth-order valence-electron chi connectivity index (χ4n) is 1.64. The Morgan fingerprint density at radius 2 is 1.91 bits per heavy atom. The number of aryl methyl sites for hydroxylation is 1. The van der Waals surface area contributed by atoms with Gasteiger partial charge in [-0.2, -0.15) is 13.2 Å². The van der Waals surface area contributed by atoms with E-state index in [0.717, 1.165) is 17.3 Å². The second-order valence-corrected chi connectivity index (χ2v) is 6.10. The summed E-state index contributed by atoms with van der Waals surface area (Å²) in [5.41, 5.74) is 1.64. The number of carbonyl (C=O) groups is 1. The van der Waals surface area contributed by atoms with E-state index in [4.69, 9.17) is 5.84 Å². The van der Waals surface area contributed by atoms with Gasteiger partial charge in [-0.15, -0.1) is 10.2 Å². The van der Waals surface area contributed by atoms with Crippen LogP contribution in [0.2, 0.25) is 0 Å². The van der Waals surface area contributed by atoms with Crippen molar-refractivity contribution in [3.8, 4) is 0 Å². The molecule has 0 aliphatic rings. The number of halogens is 3. The second-order valence-electron chi connectivity index (χ2n) is 4.79. The minimum atomic E-state index is -4.70. The van der Waals surface area contributed by atoms with Crippen LogP contribution >= 0.6 is 11.8 Å². The van der Waals surface area contributed by atoms with Gasteiger partial charge >= 0.3 is 6.18 Å². The van der Waals surface area contributed by atoms with E-state index in [9.17, 15) is 18.0 Å². The Bertz CT molecular complexity index is 699. The molecule has 124 valence electrons. The zero-order chi connectivity index (χ0) is 17.2. The number of thioether (sulfide) groups is 1. The lowest BCUT2D eigenvalue weighted by Gasteiger charge is -2.12. The summed E-state index contributed by atoms with van der Waals surface area (Å²) in [7, 11) is 0. The molecular formula is C13H14F3N5OS. The first-order chi connectivity index (χ1) is 10.7. The molecule has 6 nitrogen and oxygen atoms in total. The predicted molar refractivity (Wildman–Crippen MR) is 80.3 cm³/mol. The molecule has 0 spiro atoms. The maximum absolute atomic E-state index is 12.6. The summed E-state index contributed by atoms with van der Waals surface area (Å²) >= 11 is 0.790. The number of rotatable bonds is 4. The van der Waals surface area contributed by atoms with Crippen LogP contribution in [0.1, 0.15) is 18.3 Å². The molecule has 1 atom stereocenters. The third kappa shape index (κ3) is 4.15. The van der Waals surface area contributed by atoms with Crippen molar-refractivity contribution in [2.75, 3.05) is 11.2 Å². The van der Waals surface area contributed by atoms with E-state index in [1.165, 1.54) is 6.92 Å². The minimum Gasteiger partial charge on any atom is -0.335 e. The zero-order valence-corrected chi connectivity index (χ0v) is 13.1. The molecule has 1 amide bonds. The SMILES string of the molecule is Cc1ccc(NC(=O)[C@H](C)Sc2nnc(C(F)(F)F)n2N)cc1. The van der Waals surface area contributed by atoms with Crippen LogP contribution in [0.25, 0.3) is 0 Å². The van der Waals surface area contributed by atoms with Gasteiger partial charge < -0.3 is 11.2 Å². The third-order valence-electron chi connectivity index (χ3n) is 2.89. The first-order valence-corrected chi connectivity index (χ1v) is 7.38. The van der Waals surface area contributed by atoms with Crippen LogP contribution in [0.15, 0.2) is 29.4 Å². The van der Waals surface area contributed by atoms with Gasteiger partial charge in [-0.25, -0.2) is 4.68 Å². The molecule has 0 radical (unpaired) electrons. The Balaban J connectivity index is 2.04. The van der Waals surface area contributed by atoms with Crippen molar-refractivity contribution in [3.63, 3.8) is 0 Å². The Morgan fingerprint density at radius 3 is 2.43 bits per heavy atom. The fourth-order valence-corrected chi connectivity index (χ4v) is 2.41. The topological polar surface area (TPSA) is 85.8 Å². The highest BCUT2D eigenvalue weighted by Crippen LogP contribution is 2.30. The Morgan fingerprint density at radius 1 is 1.30 bits per heavy atom. The number of nitrogens with one attached hydrogen (secondary N) is 1. The molecule has 0 saturated carbocycles. The maximum Gasteiger partial charge on any atom is 0.453 e. The van der Waals surface area contributed by atoms with Gasteiger partial charge in [0.1, 0.15) is 0 Å². The number of hydrogen-bond donors (Lipinski definition) is 2. The van der Waals surface area contributed by atoms with Gasteiger partial charge in [-0.3, -0.25) is 4.79 Å². The number of anilines is 1.